The van der Waals surface area contributed by atoms with Gasteiger partial charge in [-0.15, -0.1) is 0 Å². The molecule has 0 bridgehead atoms. The topological polar surface area (TPSA) is 15.3 Å². The molecule has 0 radical (unpaired) electrons. The van der Waals surface area contributed by atoms with Crippen LogP contribution in [0.5, 0.6) is 0 Å². The third-order valence-electron chi connectivity index (χ3n) is 5.86. The highest BCUT2D eigenvalue weighted by Gasteiger charge is 2.40. The fraction of sp³-hybridized carbons (Fsp3) is 1.00. The Hall–Kier alpha value is -0.0800. The molecule has 0 aromatic heterocycles. The minimum absolute atomic E-state index is 0.779. The van der Waals surface area contributed by atoms with Gasteiger partial charge in [0.25, 0.3) is 0 Å². The number of likely N-dealkylation sites (tertiary alicyclic amines) is 1. The van der Waals surface area contributed by atoms with Crippen molar-refractivity contribution in [3.63, 3.8) is 0 Å². The van der Waals surface area contributed by atoms with Crippen molar-refractivity contribution in [2.24, 2.45) is 11.8 Å². The lowest BCUT2D eigenvalue weighted by molar-refractivity contribution is 0.169. The zero-order valence-corrected chi connectivity index (χ0v) is 12.7. The van der Waals surface area contributed by atoms with E-state index in [1.165, 1.54) is 77.4 Å². The van der Waals surface area contributed by atoms with Crippen molar-refractivity contribution in [2.45, 2.75) is 76.8 Å². The van der Waals surface area contributed by atoms with Crippen molar-refractivity contribution in [1.82, 2.24) is 10.2 Å². The van der Waals surface area contributed by atoms with E-state index in [2.05, 4.69) is 17.1 Å². The summed E-state index contributed by atoms with van der Waals surface area (Å²) >= 11 is 0. The van der Waals surface area contributed by atoms with Crippen LogP contribution in [0.2, 0.25) is 0 Å². The smallest absolute Gasteiger partial charge is 0.0249 e. The first-order valence-corrected chi connectivity index (χ1v) is 8.86. The largest absolute Gasteiger partial charge is 0.312 e. The highest BCUT2D eigenvalue weighted by atomic mass is 15.2. The van der Waals surface area contributed by atoms with Gasteiger partial charge < -0.3 is 5.32 Å². The molecule has 19 heavy (non-hydrogen) atoms. The maximum atomic E-state index is 3.86. The van der Waals surface area contributed by atoms with Crippen molar-refractivity contribution in [3.05, 3.63) is 0 Å². The van der Waals surface area contributed by atoms with Crippen LogP contribution in [0.25, 0.3) is 0 Å². The summed E-state index contributed by atoms with van der Waals surface area (Å²) in [5.41, 5.74) is 0. The molecule has 2 nitrogen and oxygen atoms in total. The first-order valence-electron chi connectivity index (χ1n) is 8.86. The highest BCUT2D eigenvalue weighted by Crippen LogP contribution is 2.40. The van der Waals surface area contributed by atoms with Gasteiger partial charge >= 0.3 is 0 Å². The molecule has 3 rings (SSSR count). The molecule has 110 valence electrons. The van der Waals surface area contributed by atoms with Crippen LogP contribution < -0.4 is 5.32 Å². The molecular formula is C17H32N2. The number of hydrogen-bond donors (Lipinski definition) is 1. The van der Waals surface area contributed by atoms with Crippen LogP contribution in [-0.2, 0) is 0 Å². The molecule has 2 heteroatoms. The van der Waals surface area contributed by atoms with Crippen LogP contribution in [0.15, 0.2) is 0 Å². The summed E-state index contributed by atoms with van der Waals surface area (Å²) in [6.45, 7) is 6.33. The van der Waals surface area contributed by atoms with Gasteiger partial charge in [-0.05, 0) is 50.5 Å². The van der Waals surface area contributed by atoms with Crippen LogP contribution in [0.3, 0.4) is 0 Å². The van der Waals surface area contributed by atoms with Gasteiger partial charge in [-0.25, -0.2) is 0 Å². The monoisotopic (exact) mass is 264 g/mol. The Kier molecular flexibility index (Phi) is 4.81. The molecule has 2 saturated carbocycles. The lowest BCUT2D eigenvalue weighted by Gasteiger charge is -2.34. The average Bonchev–Trinajstić information content (AvgIpc) is 2.91. The second kappa shape index (κ2) is 6.58. The van der Waals surface area contributed by atoms with E-state index in [-0.39, 0.29) is 0 Å². The van der Waals surface area contributed by atoms with Crippen molar-refractivity contribution < 1.29 is 0 Å². The Balaban J connectivity index is 1.62. The van der Waals surface area contributed by atoms with E-state index in [4.69, 9.17) is 0 Å². The Morgan fingerprint density at radius 3 is 2.37 bits per heavy atom. The van der Waals surface area contributed by atoms with E-state index in [1.54, 1.807) is 0 Å². The predicted molar refractivity (Wildman–Crippen MR) is 81.4 cm³/mol. The van der Waals surface area contributed by atoms with E-state index in [1.807, 2.05) is 0 Å². The zero-order valence-electron chi connectivity index (χ0n) is 12.7. The van der Waals surface area contributed by atoms with Gasteiger partial charge in [0, 0.05) is 25.2 Å². The third-order valence-corrected chi connectivity index (χ3v) is 5.86. The molecule has 3 fully saturated rings. The van der Waals surface area contributed by atoms with Crippen LogP contribution >= 0.6 is 0 Å². The Bertz CT molecular complexity index is 266. The van der Waals surface area contributed by atoms with Gasteiger partial charge in [0.15, 0.2) is 0 Å². The van der Waals surface area contributed by atoms with Crippen LogP contribution in [0.1, 0.15) is 64.7 Å². The minimum Gasteiger partial charge on any atom is -0.312 e. The molecule has 0 amide bonds. The van der Waals surface area contributed by atoms with E-state index < -0.39 is 0 Å². The molecule has 0 spiro atoms. The Morgan fingerprint density at radius 2 is 1.63 bits per heavy atom. The van der Waals surface area contributed by atoms with Crippen LogP contribution in [-0.4, -0.2) is 36.6 Å². The summed E-state index contributed by atoms with van der Waals surface area (Å²) in [4.78, 5) is 2.88. The summed E-state index contributed by atoms with van der Waals surface area (Å²) in [5.74, 6) is 2.10. The fourth-order valence-electron chi connectivity index (χ4n) is 4.84. The fourth-order valence-corrected chi connectivity index (χ4v) is 4.84. The van der Waals surface area contributed by atoms with Gasteiger partial charge in [-0.2, -0.15) is 0 Å². The zero-order chi connectivity index (χ0) is 13.1. The first kappa shape index (κ1) is 13.9. The van der Waals surface area contributed by atoms with Gasteiger partial charge in [0.2, 0.25) is 0 Å². The molecule has 1 saturated heterocycles. The van der Waals surface area contributed by atoms with Crippen LogP contribution in [0, 0.1) is 11.8 Å². The maximum absolute atomic E-state index is 3.86. The average molecular weight is 264 g/mol. The van der Waals surface area contributed by atoms with Gasteiger partial charge in [0.05, 0.1) is 0 Å². The third kappa shape index (κ3) is 3.16. The molecule has 1 aliphatic heterocycles. The number of rotatable bonds is 4. The van der Waals surface area contributed by atoms with Crippen molar-refractivity contribution in [3.8, 4) is 0 Å². The van der Waals surface area contributed by atoms with E-state index >= 15 is 0 Å². The van der Waals surface area contributed by atoms with Crippen LogP contribution in [0.4, 0.5) is 0 Å². The van der Waals surface area contributed by atoms with E-state index in [0.29, 0.717) is 0 Å². The molecule has 0 aromatic carbocycles. The summed E-state index contributed by atoms with van der Waals surface area (Å²) in [6, 6.07) is 1.63. The maximum Gasteiger partial charge on any atom is 0.0249 e. The van der Waals surface area contributed by atoms with E-state index in [0.717, 1.165) is 23.9 Å². The summed E-state index contributed by atoms with van der Waals surface area (Å²) in [5, 5.41) is 3.86. The van der Waals surface area contributed by atoms with Gasteiger partial charge in [-0.3, -0.25) is 4.90 Å². The Morgan fingerprint density at radius 1 is 0.895 bits per heavy atom. The predicted octanol–water partition coefficient (Wildman–Crippen LogP) is 3.42. The normalized spacial score (nSPS) is 40.3. The summed E-state index contributed by atoms with van der Waals surface area (Å²) in [7, 11) is 0. The SMILES string of the molecule is CCCNC1CCCCCC1N1CC2CCCC2C1. The number of fused-ring (bicyclic) bond motifs is 1. The van der Waals surface area contributed by atoms with E-state index in [9.17, 15) is 0 Å². The minimum atomic E-state index is 0.779. The molecule has 2 aliphatic carbocycles. The van der Waals surface area contributed by atoms with Crippen molar-refractivity contribution in [2.75, 3.05) is 19.6 Å². The lowest BCUT2D eigenvalue weighted by Crippen LogP contribution is -2.49. The molecule has 1 N–H and O–H groups in total. The molecule has 0 aromatic rings. The molecular weight excluding hydrogens is 232 g/mol. The molecule has 1 heterocycles. The second-order valence-corrected chi connectivity index (χ2v) is 7.17. The van der Waals surface area contributed by atoms with Gasteiger partial charge in [-0.1, -0.05) is 32.6 Å². The number of nitrogens with one attached hydrogen (secondary N) is 1. The highest BCUT2D eigenvalue weighted by molar-refractivity contribution is 4.95. The number of nitrogens with zero attached hydrogens (tertiary/aromatic N) is 1. The summed E-state index contributed by atoms with van der Waals surface area (Å²) in [6.07, 6.45) is 13.0. The Labute approximate surface area is 119 Å². The number of hydrogen-bond acceptors (Lipinski definition) is 2. The second-order valence-electron chi connectivity index (χ2n) is 7.17. The lowest BCUT2D eigenvalue weighted by atomic mass is 10.0. The van der Waals surface area contributed by atoms with Gasteiger partial charge in [0.1, 0.15) is 0 Å². The molecule has 4 unspecified atom stereocenters. The molecule has 4 atom stereocenters. The quantitative estimate of drug-likeness (QED) is 0.783. The standard InChI is InChI=1S/C17H32N2/c1-2-11-18-16-9-4-3-5-10-17(16)19-12-14-7-6-8-15(14)13-19/h14-18H,2-13H2,1H3. The van der Waals surface area contributed by atoms with Crippen molar-refractivity contribution >= 4 is 0 Å². The first-order chi connectivity index (χ1) is 9.38. The van der Waals surface area contributed by atoms with Crippen molar-refractivity contribution in [1.29, 1.82) is 0 Å². The molecule has 3 aliphatic rings. The summed E-state index contributed by atoms with van der Waals surface area (Å²) < 4.78 is 0.